The second-order valence-corrected chi connectivity index (χ2v) is 5.42. The number of fused-ring (bicyclic) bond motifs is 1. The molecule has 4 heteroatoms. The monoisotopic (exact) mass is 315 g/mol. The van der Waals surface area contributed by atoms with E-state index in [1.807, 2.05) is 25.1 Å². The Bertz CT molecular complexity index is 735. The quantitative estimate of drug-likeness (QED) is 0.596. The van der Waals surface area contributed by atoms with Crippen LogP contribution in [0.2, 0.25) is 0 Å². The lowest BCUT2D eigenvalue weighted by Gasteiger charge is -2.02. The first-order valence-corrected chi connectivity index (χ1v) is 6.63. The van der Waals surface area contributed by atoms with Crippen molar-refractivity contribution in [1.29, 1.82) is 0 Å². The van der Waals surface area contributed by atoms with Gasteiger partial charge in [-0.25, -0.2) is 0 Å². The zero-order valence-electron chi connectivity index (χ0n) is 10.2. The van der Waals surface area contributed by atoms with Crippen LogP contribution >= 0.6 is 15.9 Å². The third-order valence-corrected chi connectivity index (χ3v) is 3.62. The van der Waals surface area contributed by atoms with Crippen LogP contribution in [0.25, 0.3) is 0 Å². The normalized spacial score (nSPS) is 13.9. The fourth-order valence-corrected chi connectivity index (χ4v) is 2.63. The Hall–Kier alpha value is -1.94. The largest absolute Gasteiger partial charge is 0.618 e. The molecule has 0 saturated heterocycles. The molecule has 0 aliphatic carbocycles. The Morgan fingerprint density at radius 2 is 1.95 bits per heavy atom. The van der Waals surface area contributed by atoms with Crippen molar-refractivity contribution < 1.29 is 9.53 Å². The van der Waals surface area contributed by atoms with E-state index in [9.17, 15) is 10.0 Å². The van der Waals surface area contributed by atoms with Crippen LogP contribution in [0.1, 0.15) is 21.5 Å². The van der Waals surface area contributed by atoms with E-state index in [0.717, 1.165) is 14.8 Å². The minimum Gasteiger partial charge on any atom is -0.618 e. The lowest BCUT2D eigenvalue weighted by atomic mass is 10.0. The van der Waals surface area contributed by atoms with Gasteiger partial charge in [-0.1, -0.05) is 28.1 Å². The average Bonchev–Trinajstić information content (AvgIpc) is 2.61. The summed E-state index contributed by atoms with van der Waals surface area (Å²) in [6.45, 7) is 1.90. The maximum absolute atomic E-state index is 12.4. The van der Waals surface area contributed by atoms with Gasteiger partial charge < -0.3 is 5.21 Å². The molecule has 1 heterocycles. The van der Waals surface area contributed by atoms with E-state index >= 15 is 0 Å². The van der Waals surface area contributed by atoms with Gasteiger partial charge in [-0.3, -0.25) is 4.79 Å². The van der Waals surface area contributed by atoms with Crippen LogP contribution in [0, 0.1) is 12.1 Å². The Kier molecular flexibility index (Phi) is 2.75. The SMILES string of the molecule is Cc1ccc2c(c1)C(=O)C(c1cccc(Br)c1)=[N+]2[O-]. The highest BCUT2D eigenvalue weighted by Gasteiger charge is 2.36. The van der Waals surface area contributed by atoms with Gasteiger partial charge in [0.15, 0.2) is 0 Å². The minimum atomic E-state index is -0.216. The summed E-state index contributed by atoms with van der Waals surface area (Å²) in [6.07, 6.45) is 0. The number of aryl methyl sites for hydroxylation is 1. The topological polar surface area (TPSA) is 43.1 Å². The van der Waals surface area contributed by atoms with Crippen LogP contribution in [0.4, 0.5) is 5.69 Å². The Balaban J connectivity index is 2.20. The molecular weight excluding hydrogens is 306 g/mol. The molecule has 0 bridgehead atoms. The van der Waals surface area contributed by atoms with E-state index in [0.29, 0.717) is 16.8 Å². The summed E-state index contributed by atoms with van der Waals surface area (Å²) in [5.74, 6) is -0.216. The first kappa shape index (κ1) is 12.1. The van der Waals surface area contributed by atoms with E-state index < -0.39 is 0 Å². The van der Waals surface area contributed by atoms with Crippen LogP contribution in [0.5, 0.6) is 0 Å². The van der Waals surface area contributed by atoms with Crippen LogP contribution in [-0.4, -0.2) is 16.2 Å². The van der Waals surface area contributed by atoms with Crippen molar-refractivity contribution in [2.24, 2.45) is 0 Å². The fraction of sp³-hybridized carbons (Fsp3) is 0.0667. The molecule has 0 aromatic heterocycles. The van der Waals surface area contributed by atoms with Crippen molar-refractivity contribution in [2.45, 2.75) is 6.92 Å². The number of rotatable bonds is 1. The molecule has 94 valence electrons. The van der Waals surface area contributed by atoms with Crippen molar-refractivity contribution in [1.82, 2.24) is 0 Å². The van der Waals surface area contributed by atoms with Gasteiger partial charge in [0.05, 0.1) is 5.56 Å². The molecule has 2 aromatic rings. The van der Waals surface area contributed by atoms with Crippen LogP contribution in [0.3, 0.4) is 0 Å². The number of nitrogens with zero attached hydrogens (tertiary/aromatic N) is 1. The zero-order chi connectivity index (χ0) is 13.6. The van der Waals surface area contributed by atoms with E-state index in [-0.39, 0.29) is 11.5 Å². The molecule has 2 aromatic carbocycles. The molecule has 0 fully saturated rings. The van der Waals surface area contributed by atoms with Crippen molar-refractivity contribution in [3.8, 4) is 0 Å². The molecule has 3 rings (SSSR count). The zero-order valence-corrected chi connectivity index (χ0v) is 11.8. The molecule has 0 amide bonds. The highest BCUT2D eigenvalue weighted by atomic mass is 79.9. The number of halogens is 1. The van der Waals surface area contributed by atoms with Gasteiger partial charge in [-0.15, -0.1) is 0 Å². The lowest BCUT2D eigenvalue weighted by Crippen LogP contribution is -2.16. The minimum absolute atomic E-state index is 0.182. The number of hydrogen-bond donors (Lipinski definition) is 0. The van der Waals surface area contributed by atoms with Gasteiger partial charge in [-0.05, 0) is 36.8 Å². The number of Topliss-reactive ketones (excluding diaryl/α,β-unsaturated/α-hetero) is 1. The molecule has 1 aliphatic heterocycles. The number of carbonyl (C=O) groups excluding carboxylic acids is 1. The van der Waals surface area contributed by atoms with Crippen LogP contribution < -0.4 is 0 Å². The number of carbonyl (C=O) groups is 1. The van der Waals surface area contributed by atoms with E-state index in [4.69, 9.17) is 0 Å². The second-order valence-electron chi connectivity index (χ2n) is 4.50. The first-order valence-electron chi connectivity index (χ1n) is 5.83. The van der Waals surface area contributed by atoms with Crippen molar-refractivity contribution in [2.75, 3.05) is 0 Å². The van der Waals surface area contributed by atoms with Crippen LogP contribution in [0.15, 0.2) is 46.9 Å². The molecule has 0 saturated carbocycles. The third-order valence-electron chi connectivity index (χ3n) is 3.13. The van der Waals surface area contributed by atoms with Gasteiger partial charge in [0.25, 0.3) is 11.5 Å². The molecule has 1 aliphatic rings. The summed E-state index contributed by atoms with van der Waals surface area (Å²) >= 11 is 3.35. The smallest absolute Gasteiger partial charge is 0.272 e. The van der Waals surface area contributed by atoms with Gasteiger partial charge >= 0.3 is 0 Å². The van der Waals surface area contributed by atoms with Gasteiger partial charge in [0, 0.05) is 10.5 Å². The summed E-state index contributed by atoms with van der Waals surface area (Å²) in [5.41, 5.74) is 2.68. The Labute approximate surface area is 118 Å². The molecule has 0 unspecified atom stereocenters. The predicted molar refractivity (Wildman–Crippen MR) is 77.0 cm³/mol. The maximum Gasteiger partial charge on any atom is 0.272 e. The molecular formula is C15H10BrNO2. The molecule has 0 atom stereocenters. The third kappa shape index (κ3) is 1.88. The lowest BCUT2D eigenvalue weighted by molar-refractivity contribution is -0.355. The number of benzene rings is 2. The summed E-state index contributed by atoms with van der Waals surface area (Å²) < 4.78 is 1.56. The predicted octanol–water partition coefficient (Wildman–Crippen LogP) is 3.58. The van der Waals surface area contributed by atoms with Crippen molar-refractivity contribution in [3.05, 3.63) is 68.8 Å². The number of ketones is 1. The molecule has 3 nitrogen and oxygen atoms in total. The summed E-state index contributed by atoms with van der Waals surface area (Å²) in [5, 5.41) is 12.3. The van der Waals surface area contributed by atoms with Crippen molar-refractivity contribution >= 4 is 33.1 Å². The maximum atomic E-state index is 12.4. The molecule has 0 radical (unpaired) electrons. The summed E-state index contributed by atoms with van der Waals surface area (Å²) in [7, 11) is 0. The molecule has 19 heavy (non-hydrogen) atoms. The van der Waals surface area contributed by atoms with E-state index in [1.165, 1.54) is 0 Å². The van der Waals surface area contributed by atoms with E-state index in [2.05, 4.69) is 15.9 Å². The number of hydrogen-bond acceptors (Lipinski definition) is 2. The highest BCUT2D eigenvalue weighted by Crippen LogP contribution is 2.29. The summed E-state index contributed by atoms with van der Waals surface area (Å²) in [4.78, 5) is 12.4. The second kappa shape index (κ2) is 4.31. The van der Waals surface area contributed by atoms with Crippen LogP contribution in [-0.2, 0) is 0 Å². The summed E-state index contributed by atoms with van der Waals surface area (Å²) in [6, 6.07) is 12.5. The average molecular weight is 316 g/mol. The molecule has 0 spiro atoms. The Morgan fingerprint density at radius 3 is 2.68 bits per heavy atom. The first-order chi connectivity index (χ1) is 9.08. The molecule has 0 N–H and O–H groups in total. The van der Waals surface area contributed by atoms with Gasteiger partial charge in [-0.2, -0.15) is 4.74 Å². The standard InChI is InChI=1S/C15H10BrNO2/c1-9-5-6-13-12(7-9)15(18)14(17(13)19)10-3-2-4-11(16)8-10/h2-8H,1H3. The Morgan fingerprint density at radius 1 is 1.16 bits per heavy atom. The van der Waals surface area contributed by atoms with Gasteiger partial charge in [0.1, 0.15) is 5.56 Å². The van der Waals surface area contributed by atoms with E-state index in [1.54, 1.807) is 24.3 Å². The highest BCUT2D eigenvalue weighted by molar-refractivity contribution is 9.10. The van der Waals surface area contributed by atoms with Crippen molar-refractivity contribution in [3.63, 3.8) is 0 Å². The fourth-order valence-electron chi connectivity index (χ4n) is 2.23. The van der Waals surface area contributed by atoms with Gasteiger partial charge in [0.2, 0.25) is 5.69 Å².